The van der Waals surface area contributed by atoms with Gasteiger partial charge in [-0.1, -0.05) is 36.4 Å². The van der Waals surface area contributed by atoms with Crippen molar-refractivity contribution in [2.75, 3.05) is 11.9 Å². The molecular weight excluding hydrogens is 366 g/mol. The van der Waals surface area contributed by atoms with Crippen molar-refractivity contribution in [3.05, 3.63) is 69.4 Å². The predicted octanol–water partition coefficient (Wildman–Crippen LogP) is 3.75. The van der Waals surface area contributed by atoms with Gasteiger partial charge in [-0.2, -0.15) is 0 Å². The first-order valence-electron chi connectivity index (χ1n) is 8.30. The number of thiophene rings is 1. The highest BCUT2D eigenvalue weighted by atomic mass is 32.1. The first-order chi connectivity index (χ1) is 12.7. The van der Waals surface area contributed by atoms with E-state index in [1.165, 1.54) is 28.2 Å². The van der Waals surface area contributed by atoms with E-state index < -0.39 is 0 Å². The normalized spacial score (nSPS) is 10.5. The maximum absolute atomic E-state index is 12.0. The highest BCUT2D eigenvalue weighted by molar-refractivity contribution is 7.14. The molecule has 0 bridgehead atoms. The van der Waals surface area contributed by atoms with Crippen LogP contribution in [0.5, 0.6) is 0 Å². The first-order valence-corrected chi connectivity index (χ1v) is 10.1. The van der Waals surface area contributed by atoms with Crippen molar-refractivity contribution in [2.24, 2.45) is 0 Å². The number of hydrogen-bond acceptors (Lipinski definition) is 5. The van der Waals surface area contributed by atoms with E-state index in [2.05, 4.69) is 27.8 Å². The Kier molecular flexibility index (Phi) is 6.51. The molecule has 0 radical (unpaired) electrons. The number of thiazole rings is 1. The van der Waals surface area contributed by atoms with Crippen LogP contribution < -0.4 is 10.6 Å². The van der Waals surface area contributed by atoms with Crippen molar-refractivity contribution >= 4 is 39.6 Å². The van der Waals surface area contributed by atoms with E-state index in [1.807, 2.05) is 29.6 Å². The molecule has 2 heterocycles. The fourth-order valence-corrected chi connectivity index (χ4v) is 3.73. The van der Waals surface area contributed by atoms with Crippen LogP contribution in [0.15, 0.2) is 53.2 Å². The van der Waals surface area contributed by atoms with Gasteiger partial charge in [0.05, 0.1) is 17.0 Å². The number of anilines is 1. The number of benzene rings is 1. The Morgan fingerprint density at radius 2 is 1.88 bits per heavy atom. The number of amides is 2. The summed E-state index contributed by atoms with van der Waals surface area (Å²) in [6, 6.07) is 13.8. The lowest BCUT2D eigenvalue weighted by atomic mass is 10.1. The van der Waals surface area contributed by atoms with Crippen molar-refractivity contribution < 1.29 is 9.59 Å². The Labute approximate surface area is 160 Å². The first kappa shape index (κ1) is 18.3. The maximum atomic E-state index is 12.0. The van der Waals surface area contributed by atoms with Gasteiger partial charge in [0.15, 0.2) is 5.13 Å². The van der Waals surface area contributed by atoms with Crippen LogP contribution >= 0.6 is 22.7 Å². The minimum absolute atomic E-state index is 0.0560. The number of aromatic nitrogens is 1. The summed E-state index contributed by atoms with van der Waals surface area (Å²) >= 11 is 2.70. The molecular formula is C19H19N3O2S2. The predicted molar refractivity (Wildman–Crippen MR) is 106 cm³/mol. The average molecular weight is 386 g/mol. The van der Waals surface area contributed by atoms with Crippen LogP contribution in [-0.4, -0.2) is 23.3 Å². The van der Waals surface area contributed by atoms with Gasteiger partial charge in [-0.3, -0.25) is 14.9 Å². The number of hydrogen-bond donors (Lipinski definition) is 2. The molecule has 5 nitrogen and oxygen atoms in total. The Hall–Kier alpha value is -2.51. The van der Waals surface area contributed by atoms with Crippen molar-refractivity contribution in [2.45, 2.75) is 19.3 Å². The molecule has 134 valence electrons. The number of nitrogens with zero attached hydrogens (tertiary/aromatic N) is 1. The van der Waals surface area contributed by atoms with Crippen molar-refractivity contribution in [3.8, 4) is 0 Å². The fourth-order valence-electron chi connectivity index (χ4n) is 2.40. The molecule has 3 aromatic rings. The van der Waals surface area contributed by atoms with Crippen LogP contribution in [0.2, 0.25) is 0 Å². The molecule has 1 aromatic carbocycles. The smallest absolute Gasteiger partial charge is 0.267 e. The molecule has 0 atom stereocenters. The zero-order valence-electron chi connectivity index (χ0n) is 14.1. The minimum atomic E-state index is -0.175. The van der Waals surface area contributed by atoms with E-state index in [-0.39, 0.29) is 18.2 Å². The fraction of sp³-hybridized carbons (Fsp3) is 0.211. The standard InChI is InChI=1S/C19H19N3O2S2/c23-17(20-10-4-8-14-6-2-1-3-7-14)12-15-13-26-19(21-15)22-18(24)16-9-5-11-25-16/h1-3,5-7,9,11,13H,4,8,10,12H2,(H,20,23)(H,21,22,24). The summed E-state index contributed by atoms with van der Waals surface area (Å²) in [4.78, 5) is 28.9. The van der Waals surface area contributed by atoms with E-state index in [1.54, 1.807) is 11.4 Å². The number of nitrogens with one attached hydrogen (secondary N) is 2. The third kappa shape index (κ3) is 5.50. The molecule has 2 amide bonds. The molecule has 2 aromatic heterocycles. The van der Waals surface area contributed by atoms with Gasteiger partial charge < -0.3 is 5.32 Å². The van der Waals surface area contributed by atoms with Gasteiger partial charge in [0, 0.05) is 11.9 Å². The molecule has 0 saturated carbocycles. The number of carbonyl (C=O) groups excluding carboxylic acids is 2. The lowest BCUT2D eigenvalue weighted by molar-refractivity contribution is -0.120. The van der Waals surface area contributed by atoms with Gasteiger partial charge in [-0.05, 0) is 29.9 Å². The third-order valence-electron chi connectivity index (χ3n) is 3.67. The van der Waals surface area contributed by atoms with Crippen LogP contribution in [-0.2, 0) is 17.6 Å². The van der Waals surface area contributed by atoms with E-state index in [0.717, 1.165) is 12.8 Å². The van der Waals surface area contributed by atoms with Gasteiger partial charge in [0.25, 0.3) is 5.91 Å². The second-order valence-corrected chi connectivity index (χ2v) is 7.50. The summed E-state index contributed by atoms with van der Waals surface area (Å²) in [5.41, 5.74) is 1.93. The Morgan fingerprint density at radius 1 is 1.04 bits per heavy atom. The van der Waals surface area contributed by atoms with Crippen molar-refractivity contribution in [3.63, 3.8) is 0 Å². The van der Waals surface area contributed by atoms with Crippen LogP contribution in [0.1, 0.15) is 27.3 Å². The molecule has 0 aliphatic carbocycles. The molecule has 0 aliphatic heterocycles. The SMILES string of the molecule is O=C(Cc1csc(NC(=O)c2cccs2)n1)NCCCc1ccccc1. The summed E-state index contributed by atoms with van der Waals surface area (Å²) in [6.45, 7) is 0.639. The summed E-state index contributed by atoms with van der Waals surface area (Å²) in [6.07, 6.45) is 2.06. The summed E-state index contributed by atoms with van der Waals surface area (Å²) < 4.78 is 0. The molecule has 0 saturated heterocycles. The quantitative estimate of drug-likeness (QED) is 0.580. The van der Waals surface area contributed by atoms with Gasteiger partial charge >= 0.3 is 0 Å². The zero-order chi connectivity index (χ0) is 18.2. The van der Waals surface area contributed by atoms with Crippen LogP contribution in [0, 0.1) is 0 Å². The summed E-state index contributed by atoms with van der Waals surface area (Å²) in [5, 5.41) is 9.83. The topological polar surface area (TPSA) is 71.1 Å². The number of aryl methyl sites for hydroxylation is 1. The molecule has 7 heteroatoms. The highest BCUT2D eigenvalue weighted by Crippen LogP contribution is 2.18. The zero-order valence-corrected chi connectivity index (χ0v) is 15.7. The van der Waals surface area contributed by atoms with Gasteiger partial charge in [0.1, 0.15) is 0 Å². The van der Waals surface area contributed by atoms with Crippen LogP contribution in [0.25, 0.3) is 0 Å². The number of carbonyl (C=O) groups is 2. The van der Waals surface area contributed by atoms with Crippen LogP contribution in [0.4, 0.5) is 5.13 Å². The van der Waals surface area contributed by atoms with Gasteiger partial charge in [-0.25, -0.2) is 4.98 Å². The van der Waals surface area contributed by atoms with Crippen molar-refractivity contribution in [1.29, 1.82) is 0 Å². The van der Waals surface area contributed by atoms with E-state index in [0.29, 0.717) is 22.2 Å². The van der Waals surface area contributed by atoms with E-state index in [9.17, 15) is 9.59 Å². The second kappa shape index (κ2) is 9.26. The molecule has 0 spiro atoms. The molecule has 0 unspecified atom stereocenters. The minimum Gasteiger partial charge on any atom is -0.356 e. The maximum Gasteiger partial charge on any atom is 0.267 e. The number of rotatable bonds is 8. The Bertz CT molecular complexity index is 845. The average Bonchev–Trinajstić information content (AvgIpc) is 3.32. The van der Waals surface area contributed by atoms with Gasteiger partial charge in [0.2, 0.25) is 5.91 Å². The molecule has 26 heavy (non-hydrogen) atoms. The summed E-state index contributed by atoms with van der Waals surface area (Å²) in [7, 11) is 0. The molecule has 0 aliphatic rings. The Balaban J connectivity index is 1.39. The molecule has 2 N–H and O–H groups in total. The van der Waals surface area contributed by atoms with E-state index >= 15 is 0 Å². The third-order valence-corrected chi connectivity index (χ3v) is 5.34. The molecule has 3 rings (SSSR count). The van der Waals surface area contributed by atoms with Crippen LogP contribution in [0.3, 0.4) is 0 Å². The van der Waals surface area contributed by atoms with E-state index in [4.69, 9.17) is 0 Å². The second-order valence-electron chi connectivity index (χ2n) is 5.69. The lowest BCUT2D eigenvalue weighted by Gasteiger charge is -2.04. The summed E-state index contributed by atoms with van der Waals surface area (Å²) in [5.74, 6) is -0.231. The van der Waals surface area contributed by atoms with Gasteiger partial charge in [-0.15, -0.1) is 22.7 Å². The lowest BCUT2D eigenvalue weighted by Crippen LogP contribution is -2.26. The van der Waals surface area contributed by atoms with Crippen molar-refractivity contribution in [1.82, 2.24) is 10.3 Å². The largest absolute Gasteiger partial charge is 0.356 e. The highest BCUT2D eigenvalue weighted by Gasteiger charge is 2.11. The monoisotopic (exact) mass is 385 g/mol. The Morgan fingerprint density at radius 3 is 2.65 bits per heavy atom. The molecule has 0 fully saturated rings.